The molecule has 2 aromatic rings. The van der Waals surface area contributed by atoms with Crippen LogP contribution in [0.4, 0.5) is 0 Å². The van der Waals surface area contributed by atoms with Crippen molar-refractivity contribution in [3.8, 4) is 23.5 Å². The van der Waals surface area contributed by atoms with E-state index in [1.54, 1.807) is 19.1 Å². The van der Waals surface area contributed by atoms with E-state index in [0.29, 0.717) is 5.56 Å². The molecule has 0 N–H and O–H groups in total. The van der Waals surface area contributed by atoms with Crippen LogP contribution >= 0.6 is 0 Å². The molecule has 1 aromatic heterocycles. The molecule has 2 rings (SSSR count). The Morgan fingerprint density at radius 3 is 2.39 bits per heavy atom. The van der Waals surface area contributed by atoms with E-state index < -0.39 is 18.0 Å². The maximum atomic E-state index is 12.4. The second-order valence-electron chi connectivity index (χ2n) is 5.78. The second-order valence-corrected chi connectivity index (χ2v) is 5.78. The van der Waals surface area contributed by atoms with Gasteiger partial charge in [-0.1, -0.05) is 17.3 Å². The van der Waals surface area contributed by atoms with Gasteiger partial charge in [0, 0.05) is 5.56 Å². The summed E-state index contributed by atoms with van der Waals surface area (Å²) in [6.45, 7) is 3.40. The van der Waals surface area contributed by atoms with Gasteiger partial charge in [-0.15, -0.1) is 0 Å². The standard InChI is InChI=1S/C20H23N3O8/c1-6-29-18(24)12(2)31-21-11-13-8-7-9-14(17(13)19(25)28-5)30-20-22-15(26-3)10-16(23-20)27-4/h7-12H,6H2,1-5H3. The van der Waals surface area contributed by atoms with Gasteiger partial charge in [0.1, 0.15) is 11.3 Å². The van der Waals surface area contributed by atoms with Gasteiger partial charge in [0.05, 0.1) is 40.2 Å². The molecule has 0 bridgehead atoms. The molecule has 0 aliphatic rings. The highest BCUT2D eigenvalue weighted by Crippen LogP contribution is 2.28. The predicted molar refractivity (Wildman–Crippen MR) is 108 cm³/mol. The molecule has 0 saturated heterocycles. The fourth-order valence-corrected chi connectivity index (χ4v) is 2.28. The van der Waals surface area contributed by atoms with Crippen LogP contribution in [0, 0.1) is 0 Å². The Balaban J connectivity index is 2.34. The maximum absolute atomic E-state index is 12.4. The topological polar surface area (TPSA) is 128 Å². The van der Waals surface area contributed by atoms with Gasteiger partial charge in [0.2, 0.25) is 17.9 Å². The summed E-state index contributed by atoms with van der Waals surface area (Å²) >= 11 is 0. The van der Waals surface area contributed by atoms with E-state index in [0.717, 1.165) is 0 Å². The molecule has 166 valence electrons. The van der Waals surface area contributed by atoms with E-state index in [2.05, 4.69) is 15.1 Å². The highest BCUT2D eigenvalue weighted by molar-refractivity contribution is 6.01. The lowest BCUT2D eigenvalue weighted by Gasteiger charge is -2.12. The van der Waals surface area contributed by atoms with Gasteiger partial charge in [-0.3, -0.25) is 0 Å². The van der Waals surface area contributed by atoms with Gasteiger partial charge in [-0.05, 0) is 19.9 Å². The zero-order valence-electron chi connectivity index (χ0n) is 17.8. The van der Waals surface area contributed by atoms with Crippen molar-refractivity contribution in [2.45, 2.75) is 20.0 Å². The summed E-state index contributed by atoms with van der Waals surface area (Å²) in [5.41, 5.74) is 0.363. The minimum Gasteiger partial charge on any atom is -0.481 e. The largest absolute Gasteiger partial charge is 0.481 e. The van der Waals surface area contributed by atoms with Crippen LogP contribution in [-0.4, -0.2) is 62.2 Å². The number of aromatic nitrogens is 2. The van der Waals surface area contributed by atoms with Crippen LogP contribution in [-0.2, 0) is 19.1 Å². The van der Waals surface area contributed by atoms with Gasteiger partial charge in [-0.25, -0.2) is 9.59 Å². The molecule has 0 saturated carbocycles. The van der Waals surface area contributed by atoms with Gasteiger partial charge in [0.25, 0.3) is 0 Å². The summed E-state index contributed by atoms with van der Waals surface area (Å²) in [5.74, 6) is -0.731. The van der Waals surface area contributed by atoms with Crippen molar-refractivity contribution in [2.75, 3.05) is 27.9 Å². The maximum Gasteiger partial charge on any atom is 0.349 e. The van der Waals surface area contributed by atoms with E-state index in [1.165, 1.54) is 46.6 Å². The molecule has 31 heavy (non-hydrogen) atoms. The number of carbonyl (C=O) groups excluding carboxylic acids is 2. The Kier molecular flexibility index (Phi) is 8.55. The molecule has 0 radical (unpaired) electrons. The lowest BCUT2D eigenvalue weighted by atomic mass is 10.1. The SMILES string of the molecule is CCOC(=O)C(C)ON=Cc1cccc(Oc2nc(OC)cc(OC)n2)c1C(=O)OC. The van der Waals surface area contributed by atoms with Crippen molar-refractivity contribution in [2.24, 2.45) is 5.16 Å². The monoisotopic (exact) mass is 433 g/mol. The molecule has 1 aromatic carbocycles. The lowest BCUT2D eigenvalue weighted by Crippen LogP contribution is -2.21. The quantitative estimate of drug-likeness (QED) is 0.313. The third-order valence-electron chi connectivity index (χ3n) is 3.76. The zero-order valence-corrected chi connectivity index (χ0v) is 17.8. The van der Waals surface area contributed by atoms with Crippen LogP contribution in [0.5, 0.6) is 23.5 Å². The first-order valence-corrected chi connectivity index (χ1v) is 9.15. The predicted octanol–water partition coefficient (Wildman–Crippen LogP) is 2.37. The highest BCUT2D eigenvalue weighted by Gasteiger charge is 2.20. The molecule has 11 nitrogen and oxygen atoms in total. The molecule has 1 unspecified atom stereocenters. The molecule has 0 amide bonds. The fourth-order valence-electron chi connectivity index (χ4n) is 2.28. The van der Waals surface area contributed by atoms with Gasteiger partial charge < -0.3 is 28.5 Å². The fraction of sp³-hybridized carbons (Fsp3) is 0.350. The van der Waals surface area contributed by atoms with Gasteiger partial charge in [-0.2, -0.15) is 9.97 Å². The van der Waals surface area contributed by atoms with Crippen LogP contribution in [0.15, 0.2) is 29.4 Å². The van der Waals surface area contributed by atoms with Crippen LogP contribution in [0.3, 0.4) is 0 Å². The molecule has 11 heteroatoms. The number of oxime groups is 1. The Labute approximate surface area is 178 Å². The number of methoxy groups -OCH3 is 3. The van der Waals surface area contributed by atoms with E-state index in [9.17, 15) is 9.59 Å². The summed E-state index contributed by atoms with van der Waals surface area (Å²) in [6, 6.07) is 6.10. The first-order chi connectivity index (χ1) is 14.9. The number of benzene rings is 1. The number of hydrogen-bond donors (Lipinski definition) is 0. The first kappa shape index (κ1) is 23.4. The molecule has 0 fully saturated rings. The first-order valence-electron chi connectivity index (χ1n) is 9.15. The van der Waals surface area contributed by atoms with Crippen LogP contribution in [0.2, 0.25) is 0 Å². The van der Waals surface area contributed by atoms with E-state index >= 15 is 0 Å². The lowest BCUT2D eigenvalue weighted by molar-refractivity contribution is -0.155. The molecule has 0 aliphatic heterocycles. The van der Waals surface area contributed by atoms with E-state index in [1.807, 2.05) is 0 Å². The van der Waals surface area contributed by atoms with Crippen molar-refractivity contribution in [3.05, 3.63) is 35.4 Å². The van der Waals surface area contributed by atoms with Crippen molar-refractivity contribution in [1.29, 1.82) is 0 Å². The smallest absolute Gasteiger partial charge is 0.349 e. The van der Waals surface area contributed by atoms with Gasteiger partial charge in [0.15, 0.2) is 0 Å². The summed E-state index contributed by atoms with van der Waals surface area (Å²) in [6.07, 6.45) is 0.330. The second kappa shape index (κ2) is 11.3. The number of esters is 2. The van der Waals surface area contributed by atoms with Crippen LogP contribution in [0.25, 0.3) is 0 Å². The summed E-state index contributed by atoms with van der Waals surface area (Å²) in [7, 11) is 4.09. The molecule has 0 aliphatic carbocycles. The minimum absolute atomic E-state index is 0.0477. The molecule has 0 spiro atoms. The third kappa shape index (κ3) is 6.29. The summed E-state index contributed by atoms with van der Waals surface area (Å²) in [5, 5.41) is 3.76. The number of rotatable bonds is 10. The highest BCUT2D eigenvalue weighted by atomic mass is 16.7. The minimum atomic E-state index is -0.921. The molecular formula is C20H23N3O8. The average molecular weight is 433 g/mol. The Morgan fingerprint density at radius 2 is 1.81 bits per heavy atom. The Bertz CT molecular complexity index is 926. The Morgan fingerprint density at radius 1 is 1.13 bits per heavy atom. The Hall–Kier alpha value is -3.89. The normalized spacial score (nSPS) is 11.5. The number of nitrogens with zero attached hydrogens (tertiary/aromatic N) is 3. The van der Waals surface area contributed by atoms with Crippen LogP contribution < -0.4 is 14.2 Å². The molecule has 1 atom stereocenters. The van der Waals surface area contributed by atoms with E-state index in [-0.39, 0.29) is 35.7 Å². The van der Waals surface area contributed by atoms with Gasteiger partial charge >= 0.3 is 17.9 Å². The van der Waals surface area contributed by atoms with E-state index in [4.69, 9.17) is 28.5 Å². The number of carbonyl (C=O) groups is 2. The van der Waals surface area contributed by atoms with Crippen molar-refractivity contribution in [3.63, 3.8) is 0 Å². The van der Waals surface area contributed by atoms with Crippen molar-refractivity contribution < 1.29 is 38.1 Å². The zero-order chi connectivity index (χ0) is 22.8. The summed E-state index contributed by atoms with van der Waals surface area (Å²) < 4.78 is 25.6. The van der Waals surface area contributed by atoms with Crippen molar-refractivity contribution in [1.82, 2.24) is 9.97 Å². The average Bonchev–Trinajstić information content (AvgIpc) is 2.78. The summed E-state index contributed by atoms with van der Waals surface area (Å²) in [4.78, 5) is 37.3. The number of ether oxygens (including phenoxy) is 5. The third-order valence-corrected chi connectivity index (χ3v) is 3.76. The van der Waals surface area contributed by atoms with Crippen LogP contribution in [0.1, 0.15) is 29.8 Å². The molecule has 1 heterocycles. The van der Waals surface area contributed by atoms with Crippen molar-refractivity contribution >= 4 is 18.2 Å². The number of hydrogen-bond acceptors (Lipinski definition) is 11. The molecular weight excluding hydrogens is 410 g/mol.